The highest BCUT2D eigenvalue weighted by Gasteiger charge is 2.27. The van der Waals surface area contributed by atoms with Crippen molar-refractivity contribution in [2.24, 2.45) is 11.5 Å². The summed E-state index contributed by atoms with van der Waals surface area (Å²) in [5.74, 6) is 0.823. The molecule has 3 nitrogen and oxygen atoms in total. The summed E-state index contributed by atoms with van der Waals surface area (Å²) in [5, 5.41) is 0. The molecule has 0 aliphatic rings. The van der Waals surface area contributed by atoms with Gasteiger partial charge in [-0.15, -0.1) is 0 Å². The molecule has 0 fully saturated rings. The van der Waals surface area contributed by atoms with Gasteiger partial charge in [0.2, 0.25) is 0 Å². The highest BCUT2D eigenvalue weighted by molar-refractivity contribution is 5.46. The lowest BCUT2D eigenvalue weighted by atomic mass is 9.87. The van der Waals surface area contributed by atoms with E-state index in [9.17, 15) is 0 Å². The zero-order chi connectivity index (χ0) is 12.5. The average molecular weight is 222 g/mol. The van der Waals surface area contributed by atoms with E-state index in [4.69, 9.17) is 16.2 Å². The van der Waals surface area contributed by atoms with Crippen LogP contribution in [-0.2, 0) is 0 Å². The largest absolute Gasteiger partial charge is 0.496 e. The minimum absolute atomic E-state index is 0.233. The number of aryl methyl sites for hydroxylation is 2. The summed E-state index contributed by atoms with van der Waals surface area (Å²) in [7, 11) is 1.66. The Bertz CT molecular complexity index is 380. The van der Waals surface area contributed by atoms with Gasteiger partial charge in [-0.1, -0.05) is 6.07 Å². The second kappa shape index (κ2) is 4.44. The molecule has 1 rings (SSSR count). The summed E-state index contributed by atoms with van der Waals surface area (Å²) in [6.45, 7) is 7.93. The number of ether oxygens (including phenoxy) is 1. The fourth-order valence-corrected chi connectivity index (χ4v) is 1.88. The van der Waals surface area contributed by atoms with Crippen LogP contribution in [0.4, 0.5) is 0 Å². The summed E-state index contributed by atoms with van der Waals surface area (Å²) in [6, 6.07) is 3.86. The van der Waals surface area contributed by atoms with Crippen molar-refractivity contribution in [3.8, 4) is 5.75 Å². The van der Waals surface area contributed by atoms with E-state index < -0.39 is 5.54 Å². The summed E-state index contributed by atoms with van der Waals surface area (Å²) < 4.78 is 5.39. The van der Waals surface area contributed by atoms with E-state index in [-0.39, 0.29) is 6.04 Å². The van der Waals surface area contributed by atoms with E-state index in [0.29, 0.717) is 0 Å². The van der Waals surface area contributed by atoms with Gasteiger partial charge < -0.3 is 16.2 Å². The van der Waals surface area contributed by atoms with Crippen LogP contribution in [0.25, 0.3) is 0 Å². The number of methoxy groups -OCH3 is 1. The van der Waals surface area contributed by atoms with Crippen LogP contribution in [0, 0.1) is 13.8 Å². The molecule has 4 N–H and O–H groups in total. The van der Waals surface area contributed by atoms with Crippen molar-refractivity contribution >= 4 is 0 Å². The topological polar surface area (TPSA) is 61.3 Å². The smallest absolute Gasteiger partial charge is 0.124 e. The summed E-state index contributed by atoms with van der Waals surface area (Å²) in [4.78, 5) is 0. The van der Waals surface area contributed by atoms with E-state index in [2.05, 4.69) is 6.07 Å². The van der Waals surface area contributed by atoms with Crippen LogP contribution in [0.2, 0.25) is 0 Å². The van der Waals surface area contributed by atoms with Crippen molar-refractivity contribution < 1.29 is 4.74 Å². The van der Waals surface area contributed by atoms with Crippen molar-refractivity contribution in [1.82, 2.24) is 0 Å². The van der Waals surface area contributed by atoms with E-state index >= 15 is 0 Å². The maximum absolute atomic E-state index is 6.19. The Morgan fingerprint density at radius 3 is 2.25 bits per heavy atom. The van der Waals surface area contributed by atoms with Gasteiger partial charge >= 0.3 is 0 Å². The van der Waals surface area contributed by atoms with Gasteiger partial charge in [0.15, 0.2) is 0 Å². The molecule has 1 atom stereocenters. The van der Waals surface area contributed by atoms with Gasteiger partial charge in [-0.2, -0.15) is 0 Å². The van der Waals surface area contributed by atoms with Gasteiger partial charge in [-0.3, -0.25) is 0 Å². The zero-order valence-electron chi connectivity index (χ0n) is 10.8. The molecular formula is C13H22N2O. The minimum atomic E-state index is -0.465. The Balaban J connectivity index is 3.32. The first-order valence-electron chi connectivity index (χ1n) is 5.47. The molecule has 90 valence electrons. The molecule has 1 aromatic carbocycles. The second-order valence-corrected chi connectivity index (χ2v) is 5.00. The Hall–Kier alpha value is -1.06. The average Bonchev–Trinajstić information content (AvgIpc) is 2.14. The standard InChI is InChI=1S/C13H22N2O/c1-8-6-9(2)11(10(7-8)16-5)12(14)13(3,4)15/h6-7,12H,14-15H2,1-5H3. The van der Waals surface area contributed by atoms with Gasteiger partial charge in [0.05, 0.1) is 13.2 Å². The summed E-state index contributed by atoms with van der Waals surface area (Å²) in [5.41, 5.74) is 15.1. The van der Waals surface area contributed by atoms with Crippen LogP contribution < -0.4 is 16.2 Å². The van der Waals surface area contributed by atoms with E-state index in [0.717, 1.165) is 16.9 Å². The molecule has 0 radical (unpaired) electrons. The molecule has 1 unspecified atom stereocenters. The molecule has 0 spiro atoms. The number of benzene rings is 1. The summed E-state index contributed by atoms with van der Waals surface area (Å²) >= 11 is 0. The van der Waals surface area contributed by atoms with Gasteiger partial charge in [-0.25, -0.2) is 0 Å². The van der Waals surface area contributed by atoms with Gasteiger partial charge in [0.1, 0.15) is 5.75 Å². The molecule has 0 heterocycles. The maximum Gasteiger partial charge on any atom is 0.124 e. The predicted molar refractivity (Wildman–Crippen MR) is 67.7 cm³/mol. The van der Waals surface area contributed by atoms with Gasteiger partial charge in [0.25, 0.3) is 0 Å². The molecule has 0 saturated heterocycles. The third kappa shape index (κ3) is 2.54. The molecule has 0 bridgehead atoms. The molecule has 0 aromatic heterocycles. The quantitative estimate of drug-likeness (QED) is 0.822. The first-order chi connectivity index (χ1) is 7.27. The monoisotopic (exact) mass is 222 g/mol. The number of hydrogen-bond acceptors (Lipinski definition) is 3. The Morgan fingerprint density at radius 2 is 1.81 bits per heavy atom. The Kier molecular flexibility index (Phi) is 3.61. The first kappa shape index (κ1) is 13.0. The van der Waals surface area contributed by atoms with Crippen LogP contribution in [0.15, 0.2) is 12.1 Å². The van der Waals surface area contributed by atoms with Crippen molar-refractivity contribution in [1.29, 1.82) is 0 Å². The van der Waals surface area contributed by atoms with Crippen LogP contribution in [0.3, 0.4) is 0 Å². The van der Waals surface area contributed by atoms with E-state index in [1.54, 1.807) is 7.11 Å². The minimum Gasteiger partial charge on any atom is -0.496 e. The molecule has 0 saturated carbocycles. The highest BCUT2D eigenvalue weighted by Crippen LogP contribution is 2.33. The fourth-order valence-electron chi connectivity index (χ4n) is 1.88. The molecule has 0 aliphatic carbocycles. The Morgan fingerprint density at radius 1 is 1.25 bits per heavy atom. The molecular weight excluding hydrogens is 200 g/mol. The lowest BCUT2D eigenvalue weighted by molar-refractivity contribution is 0.375. The molecule has 1 aromatic rings. The van der Waals surface area contributed by atoms with Gasteiger partial charge in [0, 0.05) is 11.1 Å². The Labute approximate surface area is 97.8 Å². The van der Waals surface area contributed by atoms with Gasteiger partial charge in [-0.05, 0) is 44.9 Å². The van der Waals surface area contributed by atoms with Crippen LogP contribution in [-0.4, -0.2) is 12.6 Å². The normalized spacial score (nSPS) is 13.7. The summed E-state index contributed by atoms with van der Waals surface area (Å²) in [6.07, 6.45) is 0. The van der Waals surface area contributed by atoms with Crippen molar-refractivity contribution in [2.45, 2.75) is 39.3 Å². The van der Waals surface area contributed by atoms with E-state index in [1.165, 1.54) is 5.56 Å². The lowest BCUT2D eigenvalue weighted by Crippen LogP contribution is -2.44. The van der Waals surface area contributed by atoms with Crippen molar-refractivity contribution in [3.63, 3.8) is 0 Å². The first-order valence-corrected chi connectivity index (χ1v) is 5.47. The van der Waals surface area contributed by atoms with Crippen molar-refractivity contribution in [3.05, 3.63) is 28.8 Å². The third-order valence-electron chi connectivity index (χ3n) is 2.83. The molecule has 0 amide bonds. The fraction of sp³-hybridized carbons (Fsp3) is 0.538. The molecule has 0 aliphatic heterocycles. The van der Waals surface area contributed by atoms with Crippen LogP contribution in [0.1, 0.15) is 36.6 Å². The maximum atomic E-state index is 6.19. The number of nitrogens with two attached hydrogens (primary N) is 2. The SMILES string of the molecule is COc1cc(C)cc(C)c1C(N)C(C)(C)N. The molecule has 3 heteroatoms. The predicted octanol–water partition coefficient (Wildman–Crippen LogP) is 2.05. The third-order valence-corrected chi connectivity index (χ3v) is 2.83. The second-order valence-electron chi connectivity index (χ2n) is 5.00. The number of rotatable bonds is 3. The lowest BCUT2D eigenvalue weighted by Gasteiger charge is -2.30. The molecule has 16 heavy (non-hydrogen) atoms. The number of hydrogen-bond donors (Lipinski definition) is 2. The zero-order valence-corrected chi connectivity index (χ0v) is 10.8. The van der Waals surface area contributed by atoms with E-state index in [1.807, 2.05) is 33.8 Å². The highest BCUT2D eigenvalue weighted by atomic mass is 16.5. The van der Waals surface area contributed by atoms with Crippen LogP contribution in [0.5, 0.6) is 5.75 Å². The van der Waals surface area contributed by atoms with Crippen molar-refractivity contribution in [2.75, 3.05) is 7.11 Å². The van der Waals surface area contributed by atoms with Crippen LogP contribution >= 0.6 is 0 Å².